The first kappa shape index (κ1) is 23.2. The van der Waals surface area contributed by atoms with Crippen LogP contribution < -0.4 is 10.6 Å². The Morgan fingerprint density at radius 2 is 1.79 bits per heavy atom. The molecule has 1 aliphatic heterocycles. The Bertz CT molecular complexity index is 486. The van der Waals surface area contributed by atoms with Gasteiger partial charge in [0.2, 0.25) is 11.8 Å². The molecule has 28 heavy (non-hydrogen) atoms. The van der Waals surface area contributed by atoms with Crippen molar-refractivity contribution in [1.29, 1.82) is 0 Å². The summed E-state index contributed by atoms with van der Waals surface area (Å²) in [4.78, 5) is 27.9. The first-order chi connectivity index (χ1) is 13.4. The third-order valence-corrected chi connectivity index (χ3v) is 6.78. The Morgan fingerprint density at radius 3 is 2.43 bits per heavy atom. The summed E-state index contributed by atoms with van der Waals surface area (Å²) in [6.07, 6.45) is 10.3. The van der Waals surface area contributed by atoms with E-state index in [0.29, 0.717) is 12.6 Å². The van der Waals surface area contributed by atoms with Gasteiger partial charge in [-0.15, -0.1) is 0 Å². The first-order valence-electron chi connectivity index (χ1n) is 11.7. The van der Waals surface area contributed by atoms with E-state index >= 15 is 0 Å². The van der Waals surface area contributed by atoms with E-state index in [-0.39, 0.29) is 23.7 Å². The lowest BCUT2D eigenvalue weighted by Gasteiger charge is -2.35. The standard InChI is InChI=1S/C23H43N3O2/c1-5-20-9-6-7-15-26(20)16-8-14-24-23(28)21(17(2)3)25-22(27)19-12-10-18(4)11-13-19/h17-21H,5-16H2,1-4H3,(H,24,28)(H,25,27)/t18?,19?,20-,21-/m0/s1. The fourth-order valence-corrected chi connectivity index (χ4v) is 4.75. The number of rotatable bonds is 9. The molecule has 0 unspecified atom stereocenters. The van der Waals surface area contributed by atoms with Gasteiger partial charge in [0.1, 0.15) is 6.04 Å². The third-order valence-electron chi connectivity index (χ3n) is 6.78. The summed E-state index contributed by atoms with van der Waals surface area (Å²) in [6, 6.07) is 0.288. The van der Waals surface area contributed by atoms with Crippen LogP contribution in [0.25, 0.3) is 0 Å². The molecule has 0 spiro atoms. The minimum Gasteiger partial charge on any atom is -0.354 e. The van der Waals surface area contributed by atoms with Gasteiger partial charge in [-0.25, -0.2) is 0 Å². The van der Waals surface area contributed by atoms with Crippen LogP contribution in [0.3, 0.4) is 0 Å². The minimum atomic E-state index is -0.426. The van der Waals surface area contributed by atoms with Crippen LogP contribution in [0.4, 0.5) is 0 Å². The summed E-state index contributed by atoms with van der Waals surface area (Å²) in [6.45, 7) is 11.5. The number of carbonyl (C=O) groups is 2. The van der Waals surface area contributed by atoms with E-state index in [4.69, 9.17) is 0 Å². The van der Waals surface area contributed by atoms with E-state index in [1.54, 1.807) is 0 Å². The van der Waals surface area contributed by atoms with E-state index in [0.717, 1.165) is 44.6 Å². The SMILES string of the molecule is CC[C@H]1CCCCN1CCCNC(=O)[C@@H](NC(=O)C1CCC(C)CC1)C(C)C. The van der Waals surface area contributed by atoms with Crippen molar-refractivity contribution in [2.75, 3.05) is 19.6 Å². The Labute approximate surface area is 172 Å². The maximum Gasteiger partial charge on any atom is 0.242 e. The zero-order chi connectivity index (χ0) is 20.5. The normalized spacial score (nSPS) is 27.4. The maximum atomic E-state index is 12.7. The third kappa shape index (κ3) is 7.06. The van der Waals surface area contributed by atoms with Gasteiger partial charge in [-0.05, 0) is 69.7 Å². The van der Waals surface area contributed by atoms with Crippen LogP contribution in [-0.2, 0) is 9.59 Å². The molecule has 2 rings (SSSR count). The average molecular weight is 394 g/mol. The summed E-state index contributed by atoms with van der Waals surface area (Å²) >= 11 is 0. The van der Waals surface area contributed by atoms with Gasteiger partial charge in [-0.3, -0.25) is 9.59 Å². The molecule has 0 aromatic carbocycles. The van der Waals surface area contributed by atoms with Crippen molar-refractivity contribution < 1.29 is 9.59 Å². The smallest absolute Gasteiger partial charge is 0.242 e. The summed E-state index contributed by atoms with van der Waals surface area (Å²) in [5, 5.41) is 6.12. The lowest BCUT2D eigenvalue weighted by atomic mass is 9.82. The lowest BCUT2D eigenvalue weighted by Crippen LogP contribution is -2.51. The Kier molecular flexibility index (Phi) is 9.76. The van der Waals surface area contributed by atoms with Crippen molar-refractivity contribution >= 4 is 11.8 Å². The monoisotopic (exact) mass is 393 g/mol. The van der Waals surface area contributed by atoms with Crippen LogP contribution in [0, 0.1) is 17.8 Å². The van der Waals surface area contributed by atoms with Gasteiger partial charge in [0.15, 0.2) is 0 Å². The van der Waals surface area contributed by atoms with Gasteiger partial charge in [0.05, 0.1) is 0 Å². The molecule has 1 saturated heterocycles. The molecule has 2 amide bonds. The largest absolute Gasteiger partial charge is 0.354 e. The van der Waals surface area contributed by atoms with Crippen molar-refractivity contribution in [1.82, 2.24) is 15.5 Å². The molecule has 2 N–H and O–H groups in total. The average Bonchev–Trinajstić information content (AvgIpc) is 2.69. The van der Waals surface area contributed by atoms with Crippen molar-refractivity contribution in [3.63, 3.8) is 0 Å². The predicted octanol–water partition coefficient (Wildman–Crippen LogP) is 3.72. The molecule has 2 aliphatic rings. The van der Waals surface area contributed by atoms with Crippen LogP contribution >= 0.6 is 0 Å². The highest BCUT2D eigenvalue weighted by Gasteiger charge is 2.29. The van der Waals surface area contributed by atoms with Crippen LogP contribution in [-0.4, -0.2) is 48.4 Å². The van der Waals surface area contributed by atoms with Crippen molar-refractivity contribution in [3.8, 4) is 0 Å². The second-order valence-electron chi connectivity index (χ2n) is 9.43. The van der Waals surface area contributed by atoms with Gasteiger partial charge >= 0.3 is 0 Å². The summed E-state index contributed by atoms with van der Waals surface area (Å²) in [5.74, 6) is 0.937. The molecule has 0 aromatic heterocycles. The van der Waals surface area contributed by atoms with Crippen molar-refractivity contribution in [2.45, 2.75) is 97.6 Å². The van der Waals surface area contributed by atoms with Crippen molar-refractivity contribution in [3.05, 3.63) is 0 Å². The summed E-state index contributed by atoms with van der Waals surface area (Å²) in [5.41, 5.74) is 0. The second-order valence-corrected chi connectivity index (χ2v) is 9.43. The molecule has 1 saturated carbocycles. The predicted molar refractivity (Wildman–Crippen MR) is 115 cm³/mol. The molecule has 2 atom stereocenters. The summed E-state index contributed by atoms with van der Waals surface area (Å²) < 4.78 is 0. The van der Waals surface area contributed by atoms with Gasteiger partial charge in [-0.1, -0.05) is 34.1 Å². The van der Waals surface area contributed by atoms with Crippen LogP contribution in [0.2, 0.25) is 0 Å². The molecule has 1 heterocycles. The first-order valence-corrected chi connectivity index (χ1v) is 11.7. The molecule has 0 bridgehead atoms. The van der Waals surface area contributed by atoms with E-state index in [2.05, 4.69) is 29.4 Å². The highest BCUT2D eigenvalue weighted by atomic mass is 16.2. The Morgan fingerprint density at radius 1 is 1.07 bits per heavy atom. The van der Waals surface area contributed by atoms with E-state index in [9.17, 15) is 9.59 Å². The number of likely N-dealkylation sites (tertiary alicyclic amines) is 1. The number of piperidine rings is 1. The Balaban J connectivity index is 1.73. The molecule has 5 heteroatoms. The fourth-order valence-electron chi connectivity index (χ4n) is 4.75. The molecule has 162 valence electrons. The number of hydrogen-bond donors (Lipinski definition) is 2. The molecule has 2 fully saturated rings. The Hall–Kier alpha value is -1.10. The highest BCUT2D eigenvalue weighted by molar-refractivity contribution is 5.88. The number of nitrogens with one attached hydrogen (secondary N) is 2. The van der Waals surface area contributed by atoms with E-state index in [1.165, 1.54) is 32.2 Å². The van der Waals surface area contributed by atoms with Gasteiger partial charge in [-0.2, -0.15) is 0 Å². The molecular formula is C23H43N3O2. The molecule has 0 radical (unpaired) electrons. The van der Waals surface area contributed by atoms with E-state index in [1.807, 2.05) is 13.8 Å². The van der Waals surface area contributed by atoms with Crippen LogP contribution in [0.5, 0.6) is 0 Å². The molecule has 0 aromatic rings. The summed E-state index contributed by atoms with van der Waals surface area (Å²) in [7, 11) is 0. The number of nitrogens with zero attached hydrogens (tertiary/aromatic N) is 1. The zero-order valence-electron chi connectivity index (χ0n) is 18.6. The molecule has 1 aliphatic carbocycles. The number of carbonyl (C=O) groups excluding carboxylic acids is 2. The second kappa shape index (κ2) is 11.8. The van der Waals surface area contributed by atoms with Crippen LogP contribution in [0.15, 0.2) is 0 Å². The van der Waals surface area contributed by atoms with Crippen molar-refractivity contribution in [2.24, 2.45) is 17.8 Å². The number of hydrogen-bond acceptors (Lipinski definition) is 3. The fraction of sp³-hybridized carbons (Fsp3) is 0.913. The molecular weight excluding hydrogens is 350 g/mol. The van der Waals surface area contributed by atoms with Gasteiger partial charge < -0.3 is 15.5 Å². The maximum absolute atomic E-state index is 12.7. The topological polar surface area (TPSA) is 61.4 Å². The molecule has 5 nitrogen and oxygen atoms in total. The quantitative estimate of drug-likeness (QED) is 0.587. The lowest BCUT2D eigenvalue weighted by molar-refractivity contribution is -0.132. The van der Waals surface area contributed by atoms with Crippen LogP contribution in [0.1, 0.15) is 85.5 Å². The minimum absolute atomic E-state index is 0.0294. The van der Waals surface area contributed by atoms with E-state index < -0.39 is 6.04 Å². The van der Waals surface area contributed by atoms with Gasteiger partial charge in [0.25, 0.3) is 0 Å². The highest BCUT2D eigenvalue weighted by Crippen LogP contribution is 2.28. The zero-order valence-corrected chi connectivity index (χ0v) is 18.6. The van der Waals surface area contributed by atoms with Gasteiger partial charge in [0, 0.05) is 25.0 Å². The number of amides is 2.